The molecule has 3 heterocycles. The van der Waals surface area contributed by atoms with Crippen molar-refractivity contribution < 1.29 is 14.1 Å². The van der Waals surface area contributed by atoms with E-state index < -0.39 is 10.8 Å². The molecule has 0 bridgehead atoms. The molecule has 9 nitrogen and oxygen atoms in total. The minimum atomic E-state index is -0.556. The number of nitriles is 1. The summed E-state index contributed by atoms with van der Waals surface area (Å²) in [5, 5.41) is 27.5. The lowest BCUT2D eigenvalue weighted by atomic mass is 9.88. The molecule has 1 aromatic carbocycles. The van der Waals surface area contributed by atoms with Crippen LogP contribution in [0, 0.1) is 35.3 Å². The van der Waals surface area contributed by atoms with Gasteiger partial charge in [0.2, 0.25) is 11.8 Å². The maximum absolute atomic E-state index is 10.9. The Morgan fingerprint density at radius 3 is 2.79 bits per heavy atom. The molecule has 3 N–H and O–H groups in total. The second-order valence-corrected chi connectivity index (χ2v) is 6.45. The van der Waals surface area contributed by atoms with E-state index in [1.54, 1.807) is 25.1 Å². The van der Waals surface area contributed by atoms with Crippen molar-refractivity contribution in [3.05, 3.63) is 74.5 Å². The van der Waals surface area contributed by atoms with Crippen LogP contribution in [0.2, 0.25) is 0 Å². The van der Waals surface area contributed by atoms with Crippen LogP contribution >= 0.6 is 0 Å². The third-order valence-electron chi connectivity index (χ3n) is 4.73. The lowest BCUT2D eigenvalue weighted by Crippen LogP contribution is -2.20. The van der Waals surface area contributed by atoms with E-state index in [1.165, 1.54) is 12.1 Å². The predicted octanol–water partition coefficient (Wildman–Crippen LogP) is 3.41. The van der Waals surface area contributed by atoms with Crippen LogP contribution in [0.4, 0.5) is 5.69 Å². The average molecular weight is 377 g/mol. The first-order valence-electron chi connectivity index (χ1n) is 8.38. The van der Waals surface area contributed by atoms with Crippen LogP contribution in [0.5, 0.6) is 5.88 Å². The number of nitrogens with two attached hydrogens (primary N) is 1. The molecule has 4 rings (SSSR count). The van der Waals surface area contributed by atoms with Gasteiger partial charge in [0.25, 0.3) is 5.69 Å². The van der Waals surface area contributed by atoms with Crippen LogP contribution in [0.3, 0.4) is 0 Å². The molecule has 140 valence electrons. The number of aromatic nitrogens is 2. The van der Waals surface area contributed by atoms with Crippen molar-refractivity contribution >= 4 is 5.69 Å². The highest BCUT2D eigenvalue weighted by Gasteiger charge is 2.36. The molecule has 9 heteroatoms. The number of ether oxygens (including phenoxy) is 1. The van der Waals surface area contributed by atoms with E-state index in [2.05, 4.69) is 16.3 Å². The summed E-state index contributed by atoms with van der Waals surface area (Å²) in [5.74, 6) is 0.771. The van der Waals surface area contributed by atoms with E-state index in [0.717, 1.165) is 11.3 Å². The van der Waals surface area contributed by atoms with Gasteiger partial charge in [0.05, 0.1) is 16.4 Å². The maximum Gasteiger partial charge on any atom is 0.269 e. The number of fused-ring (bicyclic) bond motifs is 1. The Bertz CT molecular complexity index is 1180. The Balaban J connectivity index is 1.80. The smallest absolute Gasteiger partial charge is 0.269 e. The first kappa shape index (κ1) is 17.4. The standard InChI is InChI=1S/C19H15N5O4/c1-9-7-11(24(25)26)3-4-12(9)14-5-6-15(27-14)17-13(8-20)18(21)28-19-16(17)10(2)22-23-19/h3-7,17H,21H2,1-2H3,(H,22,23). The van der Waals surface area contributed by atoms with Crippen molar-refractivity contribution in [3.63, 3.8) is 0 Å². The molecule has 0 aliphatic carbocycles. The number of allylic oxidation sites excluding steroid dienone is 1. The van der Waals surface area contributed by atoms with Crippen LogP contribution in [-0.4, -0.2) is 15.1 Å². The minimum Gasteiger partial charge on any atom is -0.460 e. The van der Waals surface area contributed by atoms with Crippen LogP contribution in [0.15, 0.2) is 46.2 Å². The van der Waals surface area contributed by atoms with Gasteiger partial charge in [-0.15, -0.1) is 5.10 Å². The fraction of sp³-hybridized carbons (Fsp3) is 0.158. The molecule has 0 saturated carbocycles. The van der Waals surface area contributed by atoms with E-state index in [0.29, 0.717) is 28.5 Å². The fourth-order valence-electron chi connectivity index (χ4n) is 3.37. The van der Waals surface area contributed by atoms with Crippen LogP contribution in [0.25, 0.3) is 11.3 Å². The van der Waals surface area contributed by atoms with Gasteiger partial charge >= 0.3 is 0 Å². The maximum atomic E-state index is 10.9. The van der Waals surface area contributed by atoms with Crippen molar-refractivity contribution in [1.82, 2.24) is 10.2 Å². The molecule has 1 aliphatic heterocycles. The Kier molecular flexibility index (Phi) is 3.89. The first-order valence-corrected chi connectivity index (χ1v) is 8.38. The van der Waals surface area contributed by atoms with Gasteiger partial charge in [-0.25, -0.2) is 0 Å². The number of nitrogens with one attached hydrogen (secondary N) is 1. The molecule has 0 amide bonds. The van der Waals surface area contributed by atoms with Gasteiger partial charge in [-0.1, -0.05) is 0 Å². The van der Waals surface area contributed by atoms with Crippen molar-refractivity contribution in [2.45, 2.75) is 19.8 Å². The Morgan fingerprint density at radius 2 is 2.11 bits per heavy atom. The van der Waals surface area contributed by atoms with Crippen LogP contribution < -0.4 is 10.5 Å². The zero-order valence-electron chi connectivity index (χ0n) is 15.0. The fourth-order valence-corrected chi connectivity index (χ4v) is 3.37. The second kappa shape index (κ2) is 6.28. The van der Waals surface area contributed by atoms with Crippen molar-refractivity contribution in [2.75, 3.05) is 0 Å². The quantitative estimate of drug-likeness (QED) is 0.525. The van der Waals surface area contributed by atoms with E-state index in [-0.39, 0.29) is 17.1 Å². The number of furan rings is 1. The molecule has 2 aromatic heterocycles. The van der Waals surface area contributed by atoms with Gasteiger partial charge in [-0.05, 0) is 37.6 Å². The highest BCUT2D eigenvalue weighted by Crippen LogP contribution is 2.44. The number of nitro groups is 1. The summed E-state index contributed by atoms with van der Waals surface area (Å²) < 4.78 is 11.5. The zero-order chi connectivity index (χ0) is 20.0. The third-order valence-corrected chi connectivity index (χ3v) is 4.73. The van der Waals surface area contributed by atoms with Crippen LogP contribution in [-0.2, 0) is 0 Å². The molecule has 0 radical (unpaired) electrons. The Labute approximate surface area is 159 Å². The summed E-state index contributed by atoms with van der Waals surface area (Å²) in [6.07, 6.45) is 0. The molecule has 0 spiro atoms. The summed E-state index contributed by atoms with van der Waals surface area (Å²) in [6, 6.07) is 10.2. The molecule has 0 fully saturated rings. The lowest BCUT2D eigenvalue weighted by molar-refractivity contribution is -0.384. The van der Waals surface area contributed by atoms with E-state index in [9.17, 15) is 15.4 Å². The van der Waals surface area contributed by atoms with Crippen molar-refractivity contribution in [2.24, 2.45) is 5.73 Å². The molecule has 1 aliphatic rings. The van der Waals surface area contributed by atoms with Gasteiger partial charge in [0.1, 0.15) is 23.2 Å². The minimum absolute atomic E-state index is 0.0126. The van der Waals surface area contributed by atoms with Gasteiger partial charge in [-0.3, -0.25) is 15.2 Å². The zero-order valence-corrected chi connectivity index (χ0v) is 15.0. The van der Waals surface area contributed by atoms with Gasteiger partial charge in [-0.2, -0.15) is 5.26 Å². The number of non-ortho nitro benzene ring substituents is 1. The van der Waals surface area contributed by atoms with Crippen LogP contribution in [0.1, 0.15) is 28.5 Å². The third kappa shape index (κ3) is 2.59. The number of hydrogen-bond donors (Lipinski definition) is 2. The highest BCUT2D eigenvalue weighted by molar-refractivity contribution is 5.65. The molecular formula is C19H15N5O4. The number of nitro benzene ring substituents is 1. The average Bonchev–Trinajstić information content (AvgIpc) is 3.28. The number of nitrogens with zero attached hydrogens (tertiary/aromatic N) is 3. The van der Waals surface area contributed by atoms with E-state index >= 15 is 0 Å². The normalized spacial score (nSPS) is 15.7. The van der Waals surface area contributed by atoms with Gasteiger partial charge in [0, 0.05) is 23.4 Å². The SMILES string of the molecule is Cc1cc([N+](=O)[O-])ccc1-c1ccc(C2C(C#N)=C(N)Oc3n[nH]c(C)c32)o1. The topological polar surface area (TPSA) is 144 Å². The number of aromatic amines is 1. The lowest BCUT2D eigenvalue weighted by Gasteiger charge is -2.21. The molecule has 28 heavy (non-hydrogen) atoms. The summed E-state index contributed by atoms with van der Waals surface area (Å²) in [5.41, 5.74) is 9.01. The second-order valence-electron chi connectivity index (χ2n) is 6.45. The molecule has 3 aromatic rings. The highest BCUT2D eigenvalue weighted by atomic mass is 16.6. The predicted molar refractivity (Wildman–Crippen MR) is 98.2 cm³/mol. The summed E-state index contributed by atoms with van der Waals surface area (Å²) in [7, 11) is 0. The first-order chi connectivity index (χ1) is 13.4. The summed E-state index contributed by atoms with van der Waals surface area (Å²) in [4.78, 5) is 10.5. The van der Waals surface area contributed by atoms with E-state index in [4.69, 9.17) is 14.9 Å². The molecular weight excluding hydrogens is 362 g/mol. The van der Waals surface area contributed by atoms with Crippen molar-refractivity contribution in [1.29, 1.82) is 5.26 Å². The summed E-state index contributed by atoms with van der Waals surface area (Å²) >= 11 is 0. The molecule has 1 unspecified atom stereocenters. The van der Waals surface area contributed by atoms with Crippen molar-refractivity contribution in [3.8, 4) is 23.3 Å². The number of H-pyrrole nitrogens is 1. The number of aryl methyl sites for hydroxylation is 2. The summed E-state index contributed by atoms with van der Waals surface area (Å²) in [6.45, 7) is 3.60. The Morgan fingerprint density at radius 1 is 1.32 bits per heavy atom. The number of hydrogen-bond acceptors (Lipinski definition) is 7. The van der Waals surface area contributed by atoms with Gasteiger partial charge in [0.15, 0.2) is 0 Å². The monoisotopic (exact) mass is 377 g/mol. The molecule has 0 saturated heterocycles. The Hall–Kier alpha value is -4.06. The molecule has 1 atom stereocenters. The number of rotatable bonds is 3. The van der Waals surface area contributed by atoms with Gasteiger partial charge < -0.3 is 14.9 Å². The number of benzene rings is 1. The van der Waals surface area contributed by atoms with E-state index in [1.807, 2.05) is 6.92 Å². The largest absolute Gasteiger partial charge is 0.460 e.